The van der Waals surface area contributed by atoms with Crippen LogP contribution in [0.25, 0.3) is 0 Å². The standard InChI is InChI=1S/Cu.Er.2S/q+2;+3;2*-2. The maximum absolute atomic E-state index is 0. The van der Waals surface area contributed by atoms with Gasteiger partial charge in [0.05, 0.1) is 0 Å². The molecule has 4 heavy (non-hydrogen) atoms. The van der Waals surface area contributed by atoms with E-state index in [4.69, 9.17) is 0 Å². The summed E-state index contributed by atoms with van der Waals surface area (Å²) in [4.78, 5) is 0. The van der Waals surface area contributed by atoms with Crippen LogP contribution in [0.2, 0.25) is 0 Å². The predicted molar refractivity (Wildman–Crippen MR) is 14.7 cm³/mol. The molecule has 0 rings (SSSR count). The van der Waals surface area contributed by atoms with E-state index in [1.54, 1.807) is 0 Å². The molecule has 0 unspecified atom stereocenters. The molecule has 0 amide bonds. The van der Waals surface area contributed by atoms with Crippen molar-refractivity contribution in [2.24, 2.45) is 0 Å². The SMILES string of the molecule is [Cu+2].[Er+3].[S-2].[S-2]. The van der Waals surface area contributed by atoms with Gasteiger partial charge in [-0.25, -0.2) is 0 Å². The summed E-state index contributed by atoms with van der Waals surface area (Å²) in [5.74, 6) is 0. The Morgan fingerprint density at radius 3 is 0.750 bits per heavy atom. The van der Waals surface area contributed by atoms with Crippen LogP contribution in [0, 0.1) is 37.3 Å². The van der Waals surface area contributed by atoms with Crippen LogP contribution in [0.1, 0.15) is 0 Å². The number of hydrogen-bond donors (Lipinski definition) is 0. The molecule has 0 aliphatic rings. The van der Waals surface area contributed by atoms with E-state index in [0.29, 0.717) is 0 Å². The van der Waals surface area contributed by atoms with E-state index in [0.717, 1.165) is 0 Å². The third kappa shape index (κ3) is 8.82. The zero-order valence-corrected chi connectivity index (χ0v) is 5.83. The molecule has 0 bridgehead atoms. The van der Waals surface area contributed by atoms with Crippen LogP contribution >= 0.6 is 0 Å². The average molecular weight is 295 g/mol. The molecule has 0 saturated carbocycles. The first-order valence-corrected chi connectivity index (χ1v) is 0. The van der Waals surface area contributed by atoms with E-state index in [1.165, 1.54) is 0 Å². The van der Waals surface area contributed by atoms with E-state index in [1.807, 2.05) is 0 Å². The molecule has 0 aromatic heterocycles. The number of rotatable bonds is 0. The molecule has 0 aromatic carbocycles. The molecule has 0 heterocycles. The van der Waals surface area contributed by atoms with Gasteiger partial charge in [-0.3, -0.25) is 0 Å². The summed E-state index contributed by atoms with van der Waals surface area (Å²) < 4.78 is 0. The van der Waals surface area contributed by atoms with Gasteiger partial charge in [-0.15, -0.1) is 0 Å². The van der Waals surface area contributed by atoms with Crippen molar-refractivity contribution in [3.63, 3.8) is 0 Å². The Morgan fingerprint density at radius 1 is 0.750 bits per heavy atom. The molecule has 34 valence electrons. The minimum absolute atomic E-state index is 0. The van der Waals surface area contributed by atoms with Crippen LogP contribution in [-0.2, 0) is 44.1 Å². The molecule has 0 saturated heterocycles. The molecule has 2 radical (unpaired) electrons. The fraction of sp³-hybridized carbons (Fsp3) is 0. The fourth-order valence-electron chi connectivity index (χ4n) is 0. The predicted octanol–water partition coefficient (Wildman–Crippen LogP) is -0.00730. The van der Waals surface area contributed by atoms with Crippen molar-refractivity contribution >= 4 is 27.0 Å². The zero-order chi connectivity index (χ0) is 0. The van der Waals surface area contributed by atoms with Crippen LogP contribution < -0.4 is 0 Å². The van der Waals surface area contributed by atoms with Gasteiger partial charge in [0.1, 0.15) is 0 Å². The van der Waals surface area contributed by atoms with Gasteiger partial charge in [0, 0.05) is 0 Å². The maximum Gasteiger partial charge on any atom is 3.00 e. The molecule has 0 spiro atoms. The van der Waals surface area contributed by atoms with Gasteiger partial charge < -0.3 is 27.0 Å². The second-order valence-corrected chi connectivity index (χ2v) is 0. The minimum atomic E-state index is 0. The summed E-state index contributed by atoms with van der Waals surface area (Å²) in [6.45, 7) is 0. The van der Waals surface area contributed by atoms with Gasteiger partial charge in [0.15, 0.2) is 0 Å². The second-order valence-electron chi connectivity index (χ2n) is 0. The molecule has 0 aromatic rings. The van der Waals surface area contributed by atoms with Crippen molar-refractivity contribution in [2.75, 3.05) is 0 Å². The van der Waals surface area contributed by atoms with Crippen molar-refractivity contribution in [3.05, 3.63) is 0 Å². The average Bonchev–Trinajstić information content (AvgIpc) is 0. The molecule has 0 fully saturated rings. The van der Waals surface area contributed by atoms with Gasteiger partial charge >= 0.3 is 54.4 Å². The Morgan fingerprint density at radius 2 is 0.750 bits per heavy atom. The number of hydrogen-bond acceptors (Lipinski definition) is 0. The quantitative estimate of drug-likeness (QED) is 0.552. The first kappa shape index (κ1) is 31.8. The first-order chi connectivity index (χ1) is 0. The van der Waals surface area contributed by atoms with E-state index < -0.39 is 0 Å². The largest absolute Gasteiger partial charge is 3.00 e. The Bertz CT molecular complexity index is 6.00. The van der Waals surface area contributed by atoms with Gasteiger partial charge in [-0.1, -0.05) is 0 Å². The molecular formula is CuErS2+. The molecule has 0 atom stereocenters. The summed E-state index contributed by atoms with van der Waals surface area (Å²) in [6, 6.07) is 0. The van der Waals surface area contributed by atoms with Crippen LogP contribution in [0.3, 0.4) is 0 Å². The van der Waals surface area contributed by atoms with E-state index in [2.05, 4.69) is 0 Å². The van der Waals surface area contributed by atoms with E-state index >= 15 is 0 Å². The summed E-state index contributed by atoms with van der Waals surface area (Å²) >= 11 is 0. The molecule has 4 heteroatoms. The van der Waals surface area contributed by atoms with Gasteiger partial charge in [0.25, 0.3) is 0 Å². The Labute approximate surface area is 80.1 Å². The van der Waals surface area contributed by atoms with Crippen molar-refractivity contribution in [2.45, 2.75) is 0 Å². The fourth-order valence-corrected chi connectivity index (χ4v) is 0. The van der Waals surface area contributed by atoms with Crippen LogP contribution in [0.15, 0.2) is 0 Å². The first-order valence-electron chi connectivity index (χ1n) is 0. The van der Waals surface area contributed by atoms with Crippen LogP contribution in [-0.4, -0.2) is 0 Å². The Hall–Kier alpha value is 2.47. The molecule has 0 aliphatic carbocycles. The van der Waals surface area contributed by atoms with Crippen LogP contribution in [0.5, 0.6) is 0 Å². The minimum Gasteiger partial charge on any atom is -2.00 e. The van der Waals surface area contributed by atoms with Gasteiger partial charge in [-0.05, 0) is 0 Å². The summed E-state index contributed by atoms with van der Waals surface area (Å²) in [5.41, 5.74) is 0. The van der Waals surface area contributed by atoms with Crippen molar-refractivity contribution in [1.82, 2.24) is 0 Å². The van der Waals surface area contributed by atoms with Crippen molar-refractivity contribution < 1.29 is 54.4 Å². The topological polar surface area (TPSA) is 0 Å². The van der Waals surface area contributed by atoms with Gasteiger partial charge in [0.2, 0.25) is 0 Å². The molecule has 0 aliphatic heterocycles. The van der Waals surface area contributed by atoms with Crippen molar-refractivity contribution in [1.29, 1.82) is 0 Å². The summed E-state index contributed by atoms with van der Waals surface area (Å²) in [5, 5.41) is 0. The molecular weight excluding hydrogens is 295 g/mol. The van der Waals surface area contributed by atoms with Crippen LogP contribution in [0.4, 0.5) is 0 Å². The monoisotopic (exact) mass is 293 g/mol. The summed E-state index contributed by atoms with van der Waals surface area (Å²) in [6.07, 6.45) is 0. The third-order valence-electron chi connectivity index (χ3n) is 0. The molecule has 0 nitrogen and oxygen atoms in total. The molecule has 0 N–H and O–H groups in total. The smallest absolute Gasteiger partial charge is 2.00 e. The Kier molecular flexibility index (Phi) is 142. The zero-order valence-electron chi connectivity index (χ0n) is 1.41. The van der Waals surface area contributed by atoms with E-state index in [9.17, 15) is 0 Å². The normalized spacial score (nSPS) is 0. The van der Waals surface area contributed by atoms with Gasteiger partial charge in [-0.2, -0.15) is 0 Å². The van der Waals surface area contributed by atoms with E-state index in [-0.39, 0.29) is 81.4 Å². The van der Waals surface area contributed by atoms with Crippen molar-refractivity contribution in [3.8, 4) is 0 Å². The summed E-state index contributed by atoms with van der Waals surface area (Å²) in [7, 11) is 0. The maximum atomic E-state index is 0. The third-order valence-corrected chi connectivity index (χ3v) is 0. The second kappa shape index (κ2) is 17.9. The Balaban J connectivity index is 0.